The lowest BCUT2D eigenvalue weighted by Gasteiger charge is -2.37. The van der Waals surface area contributed by atoms with Gasteiger partial charge in [0.1, 0.15) is 0 Å². The van der Waals surface area contributed by atoms with E-state index in [0.717, 1.165) is 0 Å². The molecule has 0 bridgehead atoms. The van der Waals surface area contributed by atoms with E-state index in [0.29, 0.717) is 10.8 Å². The molecule has 0 saturated heterocycles. The van der Waals surface area contributed by atoms with E-state index in [4.69, 9.17) is 0 Å². The van der Waals surface area contributed by atoms with Gasteiger partial charge in [0, 0.05) is 0 Å². The third-order valence-electron chi connectivity index (χ3n) is 3.19. The van der Waals surface area contributed by atoms with Gasteiger partial charge in [-0.3, -0.25) is 0 Å². The first-order chi connectivity index (χ1) is 5.89. The Morgan fingerprint density at radius 3 is 1.54 bits per heavy atom. The fraction of sp³-hybridized carbons (Fsp3) is 1.00. The van der Waals surface area contributed by atoms with Crippen molar-refractivity contribution in [2.75, 3.05) is 0 Å². The van der Waals surface area contributed by atoms with E-state index < -0.39 is 0 Å². The van der Waals surface area contributed by atoms with Gasteiger partial charge in [-0.25, -0.2) is 0 Å². The number of rotatable bonds is 5. The fourth-order valence-electron chi connectivity index (χ4n) is 2.60. The maximum atomic E-state index is 2.36. The summed E-state index contributed by atoms with van der Waals surface area (Å²) in [7, 11) is 0. The van der Waals surface area contributed by atoms with Crippen LogP contribution in [0.5, 0.6) is 0 Å². The molecule has 0 radical (unpaired) electrons. The Bertz CT molecular complexity index is 123. The smallest absolute Gasteiger partial charge is 0.0298 e. The van der Waals surface area contributed by atoms with Crippen molar-refractivity contribution in [3.05, 3.63) is 0 Å². The van der Waals surface area contributed by atoms with Gasteiger partial charge >= 0.3 is 0 Å². The van der Waals surface area contributed by atoms with E-state index >= 15 is 0 Å². The van der Waals surface area contributed by atoms with Crippen LogP contribution < -0.4 is 0 Å². The zero-order valence-corrected chi connectivity index (χ0v) is 10.5. The molecule has 0 amide bonds. The van der Waals surface area contributed by atoms with Gasteiger partial charge in [0.2, 0.25) is 0 Å². The molecular formula is C13H28. The van der Waals surface area contributed by atoms with Crippen LogP contribution in [-0.4, -0.2) is 0 Å². The van der Waals surface area contributed by atoms with E-state index in [2.05, 4.69) is 41.5 Å². The summed E-state index contributed by atoms with van der Waals surface area (Å²) in [5.41, 5.74) is 1.11. The first-order valence-corrected chi connectivity index (χ1v) is 5.89. The van der Waals surface area contributed by atoms with Gasteiger partial charge in [0.05, 0.1) is 0 Å². The lowest BCUT2D eigenvalue weighted by Crippen LogP contribution is -2.25. The van der Waals surface area contributed by atoms with Crippen LogP contribution in [0, 0.1) is 10.8 Å². The zero-order chi connectivity index (χ0) is 10.5. The summed E-state index contributed by atoms with van der Waals surface area (Å²) in [5, 5.41) is 0. The summed E-state index contributed by atoms with van der Waals surface area (Å²) in [6.07, 6.45) is 6.79. The van der Waals surface area contributed by atoms with E-state index in [1.807, 2.05) is 0 Å². The van der Waals surface area contributed by atoms with Crippen molar-refractivity contribution in [3.63, 3.8) is 0 Å². The average Bonchev–Trinajstić information content (AvgIpc) is 2.01. The Balaban J connectivity index is 4.38. The molecule has 0 atom stereocenters. The molecule has 0 aliphatic carbocycles. The van der Waals surface area contributed by atoms with Gasteiger partial charge in [0.25, 0.3) is 0 Å². The fourth-order valence-corrected chi connectivity index (χ4v) is 2.60. The molecule has 0 heterocycles. The number of hydrogen-bond donors (Lipinski definition) is 0. The highest BCUT2D eigenvalue weighted by atomic mass is 14.3. The summed E-state index contributed by atoms with van der Waals surface area (Å²) in [5.74, 6) is 0. The Morgan fingerprint density at radius 1 is 0.846 bits per heavy atom. The van der Waals surface area contributed by atoms with Crippen molar-refractivity contribution in [2.45, 2.75) is 73.6 Å². The second-order valence-electron chi connectivity index (χ2n) is 5.69. The molecule has 0 spiro atoms. The largest absolute Gasteiger partial charge is 0.0654 e. The molecule has 0 fully saturated rings. The Labute approximate surface area is 85.1 Å². The van der Waals surface area contributed by atoms with E-state index in [1.165, 1.54) is 32.1 Å². The van der Waals surface area contributed by atoms with Gasteiger partial charge in [-0.1, -0.05) is 60.8 Å². The highest BCUT2D eigenvalue weighted by Gasteiger charge is 2.30. The first kappa shape index (κ1) is 13.0. The molecule has 0 aromatic heterocycles. The van der Waals surface area contributed by atoms with Crippen LogP contribution in [0.15, 0.2) is 0 Å². The second-order valence-corrected chi connectivity index (χ2v) is 5.69. The molecule has 80 valence electrons. The van der Waals surface area contributed by atoms with Crippen molar-refractivity contribution in [2.24, 2.45) is 10.8 Å². The summed E-state index contributed by atoms with van der Waals surface area (Å²) >= 11 is 0. The maximum Gasteiger partial charge on any atom is -0.0298 e. The number of hydrogen-bond acceptors (Lipinski definition) is 0. The van der Waals surface area contributed by atoms with Gasteiger partial charge in [-0.15, -0.1) is 0 Å². The van der Waals surface area contributed by atoms with Crippen molar-refractivity contribution in [1.29, 1.82) is 0 Å². The summed E-state index contributed by atoms with van der Waals surface area (Å²) < 4.78 is 0. The van der Waals surface area contributed by atoms with Gasteiger partial charge in [-0.2, -0.15) is 0 Å². The van der Waals surface area contributed by atoms with E-state index in [-0.39, 0.29) is 0 Å². The van der Waals surface area contributed by atoms with E-state index in [9.17, 15) is 0 Å². The first-order valence-electron chi connectivity index (χ1n) is 5.89. The van der Waals surface area contributed by atoms with Crippen molar-refractivity contribution in [1.82, 2.24) is 0 Å². The summed E-state index contributed by atoms with van der Waals surface area (Å²) in [6.45, 7) is 14.1. The second kappa shape index (κ2) is 5.02. The molecule has 0 aromatic carbocycles. The minimum absolute atomic E-state index is 0.487. The Kier molecular flexibility index (Phi) is 5.02. The molecule has 0 aliphatic rings. The van der Waals surface area contributed by atoms with Crippen LogP contribution in [-0.2, 0) is 0 Å². The Hall–Kier alpha value is 0. The predicted octanol–water partition coefficient (Wildman–Crippen LogP) is 5.03. The minimum atomic E-state index is 0.487. The van der Waals surface area contributed by atoms with Crippen LogP contribution in [0.4, 0.5) is 0 Å². The summed E-state index contributed by atoms with van der Waals surface area (Å²) in [6, 6.07) is 0. The SMILES string of the molecule is CCCC(CC)(CC)CC(C)(C)C. The maximum absolute atomic E-state index is 2.36. The van der Waals surface area contributed by atoms with Gasteiger partial charge in [0.15, 0.2) is 0 Å². The molecule has 0 heteroatoms. The predicted molar refractivity (Wildman–Crippen MR) is 62.0 cm³/mol. The van der Waals surface area contributed by atoms with E-state index in [1.54, 1.807) is 0 Å². The zero-order valence-electron chi connectivity index (χ0n) is 10.5. The topological polar surface area (TPSA) is 0 Å². The monoisotopic (exact) mass is 184 g/mol. The molecule has 0 aliphatic heterocycles. The third kappa shape index (κ3) is 4.69. The average molecular weight is 184 g/mol. The minimum Gasteiger partial charge on any atom is -0.0654 e. The normalized spacial score (nSPS) is 13.4. The molecule has 0 rings (SSSR count). The summed E-state index contributed by atoms with van der Waals surface area (Å²) in [4.78, 5) is 0. The molecule has 13 heavy (non-hydrogen) atoms. The van der Waals surface area contributed by atoms with Crippen LogP contribution >= 0.6 is 0 Å². The molecule has 0 N–H and O–H groups in total. The highest BCUT2D eigenvalue weighted by Crippen LogP contribution is 2.42. The van der Waals surface area contributed by atoms with Crippen molar-refractivity contribution >= 4 is 0 Å². The lowest BCUT2D eigenvalue weighted by atomic mass is 9.68. The molecule has 0 saturated carbocycles. The Morgan fingerprint density at radius 2 is 1.31 bits per heavy atom. The molecular weight excluding hydrogens is 156 g/mol. The van der Waals surface area contributed by atoms with Crippen LogP contribution in [0.3, 0.4) is 0 Å². The van der Waals surface area contributed by atoms with Crippen LogP contribution in [0.2, 0.25) is 0 Å². The molecule has 0 aromatic rings. The molecule has 0 nitrogen and oxygen atoms in total. The van der Waals surface area contributed by atoms with Crippen molar-refractivity contribution in [3.8, 4) is 0 Å². The van der Waals surface area contributed by atoms with Gasteiger partial charge < -0.3 is 0 Å². The quantitative estimate of drug-likeness (QED) is 0.562. The third-order valence-corrected chi connectivity index (χ3v) is 3.19. The van der Waals surface area contributed by atoms with Crippen LogP contribution in [0.25, 0.3) is 0 Å². The highest BCUT2D eigenvalue weighted by molar-refractivity contribution is 4.81. The standard InChI is InChI=1S/C13H28/c1-7-10-13(8-2,9-3)11-12(4,5)6/h7-11H2,1-6H3. The van der Waals surface area contributed by atoms with Gasteiger partial charge in [-0.05, 0) is 23.7 Å². The van der Waals surface area contributed by atoms with Crippen molar-refractivity contribution < 1.29 is 0 Å². The van der Waals surface area contributed by atoms with Crippen LogP contribution in [0.1, 0.15) is 73.6 Å². The lowest BCUT2D eigenvalue weighted by molar-refractivity contribution is 0.141. The molecule has 0 unspecified atom stereocenters.